The predicted molar refractivity (Wildman–Crippen MR) is 66.8 cm³/mol. The van der Waals surface area contributed by atoms with Crippen LogP contribution in [0.25, 0.3) is 0 Å². The Morgan fingerprint density at radius 1 is 1.39 bits per heavy atom. The third-order valence-electron chi connectivity index (χ3n) is 2.40. The molecule has 4 N–H and O–H groups in total. The number of rotatable bonds is 5. The molecular weight excluding hydrogens is 232 g/mol. The highest BCUT2D eigenvalue weighted by Crippen LogP contribution is 2.04. The first kappa shape index (κ1) is 12.1. The van der Waals surface area contributed by atoms with E-state index in [1.165, 1.54) is 6.20 Å². The standard InChI is InChI=1S/C12H14N4O2/c13-16-9-3-4-11(15-8-9)12(17)14-6-5-10-2-1-7-18-10/h1-4,7-8,16H,5-6,13H2,(H,14,17). The van der Waals surface area contributed by atoms with Crippen molar-refractivity contribution >= 4 is 11.6 Å². The van der Waals surface area contributed by atoms with Crippen LogP contribution in [0.3, 0.4) is 0 Å². The lowest BCUT2D eigenvalue weighted by molar-refractivity contribution is 0.0949. The van der Waals surface area contributed by atoms with Crippen LogP contribution in [-0.2, 0) is 6.42 Å². The molecule has 1 amide bonds. The third-order valence-corrected chi connectivity index (χ3v) is 2.40. The van der Waals surface area contributed by atoms with Gasteiger partial charge < -0.3 is 15.2 Å². The first-order valence-electron chi connectivity index (χ1n) is 5.53. The van der Waals surface area contributed by atoms with Gasteiger partial charge >= 0.3 is 0 Å². The highest BCUT2D eigenvalue weighted by molar-refractivity contribution is 5.92. The van der Waals surface area contributed by atoms with Gasteiger partial charge in [0.1, 0.15) is 11.5 Å². The lowest BCUT2D eigenvalue weighted by Crippen LogP contribution is -2.26. The first-order chi connectivity index (χ1) is 8.79. The molecule has 0 unspecified atom stereocenters. The minimum atomic E-state index is -0.217. The number of pyridine rings is 1. The lowest BCUT2D eigenvalue weighted by Gasteiger charge is -2.04. The molecule has 0 spiro atoms. The van der Waals surface area contributed by atoms with E-state index >= 15 is 0 Å². The molecule has 6 heteroatoms. The number of hydrogen-bond acceptors (Lipinski definition) is 5. The summed E-state index contributed by atoms with van der Waals surface area (Å²) in [6.07, 6.45) is 3.76. The number of aromatic nitrogens is 1. The van der Waals surface area contributed by atoms with Gasteiger partial charge in [-0.1, -0.05) is 0 Å². The molecule has 0 saturated heterocycles. The van der Waals surface area contributed by atoms with Crippen molar-refractivity contribution in [3.63, 3.8) is 0 Å². The molecule has 0 aliphatic rings. The number of anilines is 1. The molecular formula is C12H14N4O2. The number of nitrogens with one attached hydrogen (secondary N) is 2. The van der Waals surface area contributed by atoms with Gasteiger partial charge in [0.05, 0.1) is 18.1 Å². The van der Waals surface area contributed by atoms with Gasteiger partial charge in [0.25, 0.3) is 5.91 Å². The summed E-state index contributed by atoms with van der Waals surface area (Å²) < 4.78 is 5.16. The van der Waals surface area contributed by atoms with Crippen molar-refractivity contribution in [1.82, 2.24) is 10.3 Å². The molecule has 6 nitrogen and oxygen atoms in total. The predicted octanol–water partition coefficient (Wildman–Crippen LogP) is 0.933. The number of furan rings is 1. The molecule has 2 aromatic heterocycles. The number of nitrogens with two attached hydrogens (primary N) is 1. The van der Waals surface area contributed by atoms with Crippen molar-refractivity contribution < 1.29 is 9.21 Å². The summed E-state index contributed by atoms with van der Waals surface area (Å²) >= 11 is 0. The Kier molecular flexibility index (Phi) is 3.93. The van der Waals surface area contributed by atoms with Gasteiger partial charge in [-0.15, -0.1) is 0 Å². The Morgan fingerprint density at radius 2 is 2.28 bits per heavy atom. The topological polar surface area (TPSA) is 93.2 Å². The quantitative estimate of drug-likeness (QED) is 0.539. The molecule has 0 bridgehead atoms. The average molecular weight is 246 g/mol. The lowest BCUT2D eigenvalue weighted by atomic mass is 10.3. The van der Waals surface area contributed by atoms with Gasteiger partial charge in [-0.05, 0) is 24.3 Å². The first-order valence-corrected chi connectivity index (χ1v) is 5.53. The van der Waals surface area contributed by atoms with Gasteiger partial charge in [-0.2, -0.15) is 0 Å². The van der Waals surface area contributed by atoms with Crippen molar-refractivity contribution in [2.45, 2.75) is 6.42 Å². The summed E-state index contributed by atoms with van der Waals surface area (Å²) in [5, 5.41) is 2.76. The molecule has 0 radical (unpaired) electrons. The van der Waals surface area contributed by atoms with E-state index < -0.39 is 0 Å². The fraction of sp³-hybridized carbons (Fsp3) is 0.167. The minimum absolute atomic E-state index is 0.217. The maximum atomic E-state index is 11.7. The second-order valence-corrected chi connectivity index (χ2v) is 3.66. The number of nitrogens with zero attached hydrogens (tertiary/aromatic N) is 1. The molecule has 2 heterocycles. The molecule has 94 valence electrons. The average Bonchev–Trinajstić information content (AvgIpc) is 2.92. The Labute approximate surface area is 104 Å². The fourth-order valence-corrected chi connectivity index (χ4v) is 1.46. The SMILES string of the molecule is NNc1ccc(C(=O)NCCc2ccco2)nc1. The van der Waals surface area contributed by atoms with Crippen LogP contribution in [0.4, 0.5) is 5.69 Å². The number of hydrazine groups is 1. The number of hydrogen-bond donors (Lipinski definition) is 3. The monoisotopic (exact) mass is 246 g/mol. The maximum Gasteiger partial charge on any atom is 0.269 e. The molecule has 2 aromatic rings. The zero-order chi connectivity index (χ0) is 12.8. The Bertz CT molecular complexity index is 493. The summed E-state index contributed by atoms with van der Waals surface area (Å²) in [5.41, 5.74) is 3.46. The Hall–Kier alpha value is -2.34. The van der Waals surface area contributed by atoms with Gasteiger partial charge in [-0.3, -0.25) is 10.6 Å². The van der Waals surface area contributed by atoms with Crippen LogP contribution in [0.2, 0.25) is 0 Å². The Balaban J connectivity index is 1.83. The van der Waals surface area contributed by atoms with Crippen LogP contribution >= 0.6 is 0 Å². The summed E-state index contributed by atoms with van der Waals surface area (Å²) in [6, 6.07) is 6.98. The van der Waals surface area contributed by atoms with E-state index in [9.17, 15) is 4.79 Å². The third kappa shape index (κ3) is 3.08. The van der Waals surface area contributed by atoms with E-state index in [1.807, 2.05) is 12.1 Å². The molecule has 0 atom stereocenters. The van der Waals surface area contributed by atoms with Crippen LogP contribution in [0.1, 0.15) is 16.2 Å². The normalized spacial score (nSPS) is 10.1. The zero-order valence-electron chi connectivity index (χ0n) is 9.72. The second kappa shape index (κ2) is 5.83. The van der Waals surface area contributed by atoms with Crippen LogP contribution < -0.4 is 16.6 Å². The number of carbonyl (C=O) groups excluding carboxylic acids is 1. The molecule has 0 aliphatic heterocycles. The van der Waals surface area contributed by atoms with Gasteiger partial charge in [-0.25, -0.2) is 4.98 Å². The van der Waals surface area contributed by atoms with Crippen molar-refractivity contribution in [2.75, 3.05) is 12.0 Å². The molecule has 2 rings (SSSR count). The van der Waals surface area contributed by atoms with E-state index in [-0.39, 0.29) is 5.91 Å². The highest BCUT2D eigenvalue weighted by atomic mass is 16.3. The molecule has 0 aromatic carbocycles. The largest absolute Gasteiger partial charge is 0.469 e. The van der Waals surface area contributed by atoms with E-state index in [2.05, 4.69) is 15.7 Å². The molecule has 18 heavy (non-hydrogen) atoms. The zero-order valence-corrected chi connectivity index (χ0v) is 9.72. The van der Waals surface area contributed by atoms with E-state index in [0.717, 1.165) is 5.76 Å². The van der Waals surface area contributed by atoms with Crippen LogP contribution in [-0.4, -0.2) is 17.4 Å². The van der Waals surface area contributed by atoms with Crippen LogP contribution in [0.5, 0.6) is 0 Å². The number of carbonyl (C=O) groups is 1. The maximum absolute atomic E-state index is 11.7. The minimum Gasteiger partial charge on any atom is -0.469 e. The summed E-state index contributed by atoms with van der Waals surface area (Å²) in [6.45, 7) is 0.505. The van der Waals surface area contributed by atoms with Crippen molar-refractivity contribution in [2.24, 2.45) is 5.84 Å². The highest BCUT2D eigenvalue weighted by Gasteiger charge is 2.06. The van der Waals surface area contributed by atoms with E-state index in [0.29, 0.717) is 24.3 Å². The summed E-state index contributed by atoms with van der Waals surface area (Å²) in [7, 11) is 0. The summed E-state index contributed by atoms with van der Waals surface area (Å²) in [4.78, 5) is 15.7. The number of amides is 1. The van der Waals surface area contributed by atoms with E-state index in [4.69, 9.17) is 10.3 Å². The van der Waals surface area contributed by atoms with Crippen molar-refractivity contribution in [3.05, 3.63) is 48.2 Å². The molecule has 0 fully saturated rings. The van der Waals surface area contributed by atoms with Gasteiger partial charge in [0.15, 0.2) is 0 Å². The molecule has 0 aliphatic carbocycles. The Morgan fingerprint density at radius 3 is 2.89 bits per heavy atom. The fourth-order valence-electron chi connectivity index (χ4n) is 1.46. The van der Waals surface area contributed by atoms with Gasteiger partial charge in [0, 0.05) is 13.0 Å². The van der Waals surface area contributed by atoms with Crippen LogP contribution in [0, 0.1) is 0 Å². The van der Waals surface area contributed by atoms with Crippen molar-refractivity contribution in [1.29, 1.82) is 0 Å². The van der Waals surface area contributed by atoms with Crippen LogP contribution in [0.15, 0.2) is 41.1 Å². The second-order valence-electron chi connectivity index (χ2n) is 3.66. The number of nitrogen functional groups attached to an aromatic ring is 1. The smallest absolute Gasteiger partial charge is 0.269 e. The summed E-state index contributed by atoms with van der Waals surface area (Å²) in [5.74, 6) is 5.83. The van der Waals surface area contributed by atoms with E-state index in [1.54, 1.807) is 18.4 Å². The molecule has 0 saturated carbocycles. The van der Waals surface area contributed by atoms with Crippen molar-refractivity contribution in [3.8, 4) is 0 Å². The van der Waals surface area contributed by atoms with Gasteiger partial charge in [0.2, 0.25) is 0 Å².